The molecule has 1 N–H and O–H groups in total. The molecular weight excluding hydrogens is 348 g/mol. The summed E-state index contributed by atoms with van der Waals surface area (Å²) in [5.74, 6) is -2.17. The van der Waals surface area contributed by atoms with Crippen molar-refractivity contribution in [3.05, 3.63) is 70.1 Å². The third-order valence-corrected chi connectivity index (χ3v) is 4.49. The standard InChI is InChI=1S/C18H13F2NO3S/c1-10-6-18(23)24-16-7-11(2-4-13(10)16)21-17(22)9-25-12-3-5-14(19)15(20)8-12/h2-8H,9H2,1H3,(H,21,22). The summed E-state index contributed by atoms with van der Waals surface area (Å²) in [4.78, 5) is 23.9. The lowest BCUT2D eigenvalue weighted by atomic mass is 10.1. The van der Waals surface area contributed by atoms with Gasteiger partial charge in [-0.2, -0.15) is 0 Å². The van der Waals surface area contributed by atoms with Crippen LogP contribution in [-0.4, -0.2) is 11.7 Å². The molecule has 0 saturated heterocycles. The fraction of sp³-hybridized carbons (Fsp3) is 0.111. The van der Waals surface area contributed by atoms with Crippen molar-refractivity contribution in [1.29, 1.82) is 0 Å². The van der Waals surface area contributed by atoms with Crippen molar-refractivity contribution in [1.82, 2.24) is 0 Å². The summed E-state index contributed by atoms with van der Waals surface area (Å²) in [6.07, 6.45) is 0. The second kappa shape index (κ2) is 7.06. The highest BCUT2D eigenvalue weighted by Gasteiger charge is 2.08. The fourth-order valence-electron chi connectivity index (χ4n) is 2.32. The van der Waals surface area contributed by atoms with Gasteiger partial charge in [-0.05, 0) is 42.8 Å². The zero-order chi connectivity index (χ0) is 18.0. The van der Waals surface area contributed by atoms with Crippen molar-refractivity contribution in [2.24, 2.45) is 0 Å². The Bertz CT molecular complexity index is 1020. The van der Waals surface area contributed by atoms with Crippen LogP contribution in [0.5, 0.6) is 0 Å². The van der Waals surface area contributed by atoms with Crippen LogP contribution in [0.3, 0.4) is 0 Å². The molecule has 4 nitrogen and oxygen atoms in total. The minimum absolute atomic E-state index is 0.0286. The van der Waals surface area contributed by atoms with Gasteiger partial charge in [0.15, 0.2) is 11.6 Å². The third-order valence-electron chi connectivity index (χ3n) is 3.50. The number of hydrogen-bond donors (Lipinski definition) is 1. The van der Waals surface area contributed by atoms with E-state index in [1.807, 2.05) is 0 Å². The predicted octanol–water partition coefficient (Wildman–Crippen LogP) is 4.11. The molecule has 0 aliphatic rings. The number of rotatable bonds is 4. The average molecular weight is 361 g/mol. The fourth-order valence-corrected chi connectivity index (χ4v) is 3.04. The quantitative estimate of drug-likeness (QED) is 0.561. The SMILES string of the molecule is Cc1cc(=O)oc2cc(NC(=O)CSc3ccc(F)c(F)c3)ccc12. The minimum atomic E-state index is -0.953. The van der Waals surface area contributed by atoms with Crippen LogP contribution in [0, 0.1) is 18.6 Å². The number of carbonyl (C=O) groups is 1. The first-order valence-corrected chi connectivity index (χ1v) is 8.33. The summed E-state index contributed by atoms with van der Waals surface area (Å²) in [6, 6.07) is 9.90. The highest BCUT2D eigenvalue weighted by molar-refractivity contribution is 8.00. The number of fused-ring (bicyclic) bond motifs is 1. The van der Waals surface area contributed by atoms with Crippen LogP contribution in [0.25, 0.3) is 11.0 Å². The summed E-state index contributed by atoms with van der Waals surface area (Å²) in [5.41, 5.74) is 1.20. The second-order valence-electron chi connectivity index (χ2n) is 5.37. The molecule has 0 radical (unpaired) electrons. The smallest absolute Gasteiger partial charge is 0.336 e. The van der Waals surface area contributed by atoms with Crippen LogP contribution < -0.4 is 10.9 Å². The first-order chi connectivity index (χ1) is 11.9. The molecule has 1 aromatic heterocycles. The molecule has 3 aromatic rings. The van der Waals surface area contributed by atoms with Gasteiger partial charge in [0, 0.05) is 28.1 Å². The number of hydrogen-bond acceptors (Lipinski definition) is 4. The topological polar surface area (TPSA) is 59.3 Å². The number of thioether (sulfide) groups is 1. The molecule has 1 amide bonds. The van der Waals surface area contributed by atoms with Gasteiger partial charge in [0.2, 0.25) is 5.91 Å². The Kier molecular flexibility index (Phi) is 4.85. The molecule has 0 bridgehead atoms. The minimum Gasteiger partial charge on any atom is -0.423 e. The van der Waals surface area contributed by atoms with Gasteiger partial charge in [0.05, 0.1) is 5.75 Å². The molecule has 25 heavy (non-hydrogen) atoms. The maximum atomic E-state index is 13.1. The predicted molar refractivity (Wildman–Crippen MR) is 92.9 cm³/mol. The maximum Gasteiger partial charge on any atom is 0.336 e. The van der Waals surface area contributed by atoms with Gasteiger partial charge in [-0.15, -0.1) is 11.8 Å². The maximum absolute atomic E-state index is 13.1. The first kappa shape index (κ1) is 17.2. The molecule has 0 aliphatic carbocycles. The lowest BCUT2D eigenvalue weighted by Crippen LogP contribution is -2.14. The molecule has 0 fully saturated rings. The van der Waals surface area contributed by atoms with Crippen LogP contribution in [0.1, 0.15) is 5.56 Å². The van der Waals surface area contributed by atoms with E-state index in [4.69, 9.17) is 4.42 Å². The van der Waals surface area contributed by atoms with Crippen molar-refractivity contribution < 1.29 is 18.0 Å². The van der Waals surface area contributed by atoms with E-state index in [2.05, 4.69) is 5.32 Å². The van der Waals surface area contributed by atoms with E-state index in [1.165, 1.54) is 12.1 Å². The van der Waals surface area contributed by atoms with Gasteiger partial charge < -0.3 is 9.73 Å². The largest absolute Gasteiger partial charge is 0.423 e. The Balaban J connectivity index is 1.69. The van der Waals surface area contributed by atoms with Crippen LogP contribution in [-0.2, 0) is 4.79 Å². The van der Waals surface area contributed by atoms with Crippen molar-refractivity contribution in [2.75, 3.05) is 11.1 Å². The summed E-state index contributed by atoms with van der Waals surface area (Å²) in [7, 11) is 0. The molecule has 0 spiro atoms. The Hall–Kier alpha value is -2.67. The van der Waals surface area contributed by atoms with Crippen molar-refractivity contribution >= 4 is 34.3 Å². The lowest BCUT2D eigenvalue weighted by molar-refractivity contribution is -0.113. The number of aryl methyl sites for hydroxylation is 1. The zero-order valence-electron chi connectivity index (χ0n) is 13.1. The number of carbonyl (C=O) groups excluding carboxylic acids is 1. The second-order valence-corrected chi connectivity index (χ2v) is 6.42. The summed E-state index contributed by atoms with van der Waals surface area (Å²) in [5, 5.41) is 3.47. The Labute approximate surface area is 145 Å². The number of amides is 1. The van der Waals surface area contributed by atoms with Crippen LogP contribution >= 0.6 is 11.8 Å². The Morgan fingerprint density at radius 1 is 1.12 bits per heavy atom. The highest BCUT2D eigenvalue weighted by atomic mass is 32.2. The van der Waals surface area contributed by atoms with E-state index in [1.54, 1.807) is 25.1 Å². The third kappa shape index (κ3) is 4.06. The average Bonchev–Trinajstić information content (AvgIpc) is 2.55. The number of anilines is 1. The molecular formula is C18H13F2NO3S. The van der Waals surface area contributed by atoms with Gasteiger partial charge in [0.1, 0.15) is 5.58 Å². The molecule has 7 heteroatoms. The van der Waals surface area contributed by atoms with Gasteiger partial charge >= 0.3 is 5.63 Å². The van der Waals surface area contributed by atoms with E-state index in [9.17, 15) is 18.4 Å². The first-order valence-electron chi connectivity index (χ1n) is 7.34. The molecule has 128 valence electrons. The molecule has 2 aromatic carbocycles. The lowest BCUT2D eigenvalue weighted by Gasteiger charge is -2.07. The molecule has 0 atom stereocenters. The number of benzene rings is 2. The van der Waals surface area contributed by atoms with Gasteiger partial charge in [-0.25, -0.2) is 13.6 Å². The summed E-state index contributed by atoms with van der Waals surface area (Å²) in [6.45, 7) is 1.80. The Morgan fingerprint density at radius 2 is 1.92 bits per heavy atom. The van der Waals surface area contributed by atoms with Crippen LogP contribution in [0.4, 0.5) is 14.5 Å². The molecule has 0 unspecified atom stereocenters. The summed E-state index contributed by atoms with van der Waals surface area (Å²) < 4.78 is 31.1. The van der Waals surface area contributed by atoms with E-state index >= 15 is 0 Å². The van der Waals surface area contributed by atoms with E-state index in [0.29, 0.717) is 16.2 Å². The number of nitrogens with one attached hydrogen (secondary N) is 1. The van der Waals surface area contributed by atoms with Gasteiger partial charge in [-0.3, -0.25) is 4.79 Å². The van der Waals surface area contributed by atoms with Gasteiger partial charge in [-0.1, -0.05) is 0 Å². The van der Waals surface area contributed by atoms with Crippen LogP contribution in [0.15, 0.2) is 56.6 Å². The number of halogens is 2. The molecule has 1 heterocycles. The Morgan fingerprint density at radius 3 is 2.68 bits per heavy atom. The van der Waals surface area contributed by atoms with Crippen molar-refractivity contribution in [3.63, 3.8) is 0 Å². The van der Waals surface area contributed by atoms with Gasteiger partial charge in [0.25, 0.3) is 0 Å². The monoisotopic (exact) mass is 361 g/mol. The molecule has 3 rings (SSSR count). The van der Waals surface area contributed by atoms with E-state index in [-0.39, 0.29) is 11.7 Å². The van der Waals surface area contributed by atoms with E-state index in [0.717, 1.165) is 34.8 Å². The zero-order valence-corrected chi connectivity index (χ0v) is 14.0. The van der Waals surface area contributed by atoms with Crippen molar-refractivity contribution in [3.8, 4) is 0 Å². The van der Waals surface area contributed by atoms with Crippen molar-refractivity contribution in [2.45, 2.75) is 11.8 Å². The highest BCUT2D eigenvalue weighted by Crippen LogP contribution is 2.23. The molecule has 0 saturated carbocycles. The summed E-state index contributed by atoms with van der Waals surface area (Å²) >= 11 is 1.09. The van der Waals surface area contributed by atoms with E-state index < -0.39 is 17.3 Å². The normalized spacial score (nSPS) is 10.8. The molecule has 0 aliphatic heterocycles. The van der Waals surface area contributed by atoms with Crippen LogP contribution in [0.2, 0.25) is 0 Å².